The summed E-state index contributed by atoms with van der Waals surface area (Å²) < 4.78 is 0. The van der Waals surface area contributed by atoms with E-state index < -0.39 is 15.8 Å². The summed E-state index contributed by atoms with van der Waals surface area (Å²) in [6, 6.07) is 85.7. The summed E-state index contributed by atoms with van der Waals surface area (Å²) in [6.45, 7) is 2.04. The van der Waals surface area contributed by atoms with Gasteiger partial charge in [-0.25, -0.2) is 4.99 Å². The first kappa shape index (κ1) is 42.5. The molecular weight excluding hydrogens is 924 g/mol. The minimum absolute atomic E-state index is 0.446. The topological polar surface area (TPSA) is 24.7 Å². The second-order valence-corrected chi connectivity index (χ2v) is 16.5. The van der Waals surface area contributed by atoms with Gasteiger partial charge in [0.25, 0.3) is 0 Å². The molecule has 0 fully saturated rings. The van der Waals surface area contributed by atoms with Crippen LogP contribution in [0.25, 0.3) is 0 Å². The van der Waals surface area contributed by atoms with Gasteiger partial charge in [-0.2, -0.15) is 29.3 Å². The molecule has 0 saturated carbocycles. The maximum Gasteiger partial charge on any atom is -0.0134 e. The monoisotopic (exact) mass is 964 g/mol. The van der Waals surface area contributed by atoms with E-state index in [4.69, 9.17) is 0 Å². The van der Waals surface area contributed by atoms with Crippen LogP contribution < -0.4 is 31.8 Å². The average molecular weight is 965 g/mol. The van der Waals surface area contributed by atoms with Gasteiger partial charge in [0.2, 0.25) is 0 Å². The molecule has 0 aliphatic carbocycles. The van der Waals surface area contributed by atoms with Crippen molar-refractivity contribution in [2.75, 3.05) is 0 Å². The van der Waals surface area contributed by atoms with Crippen molar-refractivity contribution < 1.29 is 15.6 Å². The van der Waals surface area contributed by atoms with E-state index in [1.165, 1.54) is 37.4 Å². The van der Waals surface area contributed by atoms with Crippen molar-refractivity contribution in [3.8, 4) is 0 Å². The first-order valence-electron chi connectivity index (χ1n) is 18.0. The standard InChI is InChI=1S/2C18H15P.C14H11N2.HI.Pd/c2*1-4-10-16(11-5-1)19(17-12-6-2-7-13-17)18-14-8-3-9-15-18;1-12-7-9-14(10-8-12)16-11-15-13-5-3-2-4-6-13;;/h2*1-15H;2-5,7-10H,1H3;1H;/q;;-1;;+2/p-1. The summed E-state index contributed by atoms with van der Waals surface area (Å²) in [4.78, 5) is 8.16. The first-order chi connectivity index (χ1) is 27.7. The summed E-state index contributed by atoms with van der Waals surface area (Å²) in [7, 11) is -0.892. The molecule has 0 atom stereocenters. The molecule has 0 unspecified atom stereocenters. The number of nitrogens with zero attached hydrogens (tertiary/aromatic N) is 2. The van der Waals surface area contributed by atoms with Crippen LogP contribution in [0.1, 0.15) is 5.56 Å². The number of halogens is 1. The molecule has 0 spiro atoms. The van der Waals surface area contributed by atoms with E-state index in [0.717, 1.165) is 11.4 Å². The van der Waals surface area contributed by atoms with Crippen LogP contribution in [0.2, 0.25) is 0 Å². The van der Waals surface area contributed by atoms with Crippen LogP contribution in [-0.4, -0.2) is 6.01 Å². The molecule has 8 rings (SSSR count). The molecule has 56 heavy (non-hydrogen) atoms. The van der Waals surface area contributed by atoms with E-state index >= 15 is 0 Å². The Bertz CT molecular complexity index is 1990. The predicted octanol–water partition coefficient (Wildman–Crippen LogP) is 11.7. The normalized spacial score (nSPS) is 9.96. The number of benzene rings is 8. The van der Waals surface area contributed by atoms with Gasteiger partial charge in [0.15, 0.2) is 0 Å². The molecule has 0 saturated heterocycles. The Hall–Kier alpha value is -4.61. The molecule has 2 nitrogen and oxygen atoms in total. The zero-order valence-electron chi connectivity index (χ0n) is 30.9. The molecular formula is C50H41IN2P2Pd. The van der Waals surface area contributed by atoms with Crippen LogP contribution in [0.15, 0.2) is 241 Å². The Labute approximate surface area is 356 Å². The Morgan fingerprint density at radius 1 is 0.393 bits per heavy atom. The number of rotatable bonds is 8. The summed E-state index contributed by atoms with van der Waals surface area (Å²) in [5.74, 6) is 0. The Morgan fingerprint density at radius 2 is 0.696 bits per heavy atom. The van der Waals surface area contributed by atoms with E-state index in [2.05, 4.69) is 220 Å². The van der Waals surface area contributed by atoms with Crippen molar-refractivity contribution in [1.82, 2.24) is 0 Å². The molecule has 0 aliphatic heterocycles. The predicted molar refractivity (Wildman–Crippen MR) is 250 cm³/mol. The first-order valence-corrected chi connectivity index (χ1v) is 25.3. The summed E-state index contributed by atoms with van der Waals surface area (Å²) in [6.07, 6.45) is 0. The molecule has 0 radical (unpaired) electrons. The number of para-hydroxylation sites is 1. The van der Waals surface area contributed by atoms with Crippen molar-refractivity contribution in [2.24, 2.45) is 9.98 Å². The van der Waals surface area contributed by atoms with Crippen molar-refractivity contribution in [2.45, 2.75) is 6.92 Å². The van der Waals surface area contributed by atoms with Crippen LogP contribution >= 0.6 is 35.4 Å². The van der Waals surface area contributed by atoms with Crippen LogP contribution in [0.4, 0.5) is 11.4 Å². The number of hydrogen-bond acceptors (Lipinski definition) is 2. The van der Waals surface area contributed by atoms with Crippen LogP contribution in [-0.2, 0) is 15.6 Å². The van der Waals surface area contributed by atoms with Gasteiger partial charge >= 0.3 is 35.1 Å². The van der Waals surface area contributed by atoms with Gasteiger partial charge < -0.3 is 0 Å². The fraction of sp³-hybridized carbons (Fsp3) is 0.0200. The van der Waals surface area contributed by atoms with Gasteiger partial charge in [-0.1, -0.05) is 200 Å². The molecule has 8 aromatic rings. The fourth-order valence-corrected chi connectivity index (χ4v) is 10.2. The SMILES string of the molecule is Cc1ccc(N=C=Nc2[c-]cccc2)cc1.[Pd+][I].c1ccc(P(c2ccccc2)c2ccccc2)cc1.c1ccc(P(c2ccccc2)c2ccccc2)cc1. The smallest absolute Gasteiger partial charge is 0.0134 e. The van der Waals surface area contributed by atoms with E-state index in [1.54, 1.807) is 0 Å². The second kappa shape index (κ2) is 24.8. The van der Waals surface area contributed by atoms with Gasteiger partial charge in [-0.05, 0) is 72.4 Å². The van der Waals surface area contributed by atoms with Crippen molar-refractivity contribution >= 4 is 84.6 Å². The molecule has 0 heterocycles. The molecule has 0 aromatic heterocycles. The maximum absolute atomic E-state index is 4.11. The molecule has 0 aliphatic rings. The third-order valence-electron chi connectivity index (χ3n) is 8.16. The van der Waals surface area contributed by atoms with Gasteiger partial charge in [-0.3, -0.25) is 0 Å². The summed E-state index contributed by atoms with van der Waals surface area (Å²) in [5.41, 5.74) is 2.80. The quantitative estimate of drug-likeness (QED) is 0.0477. The van der Waals surface area contributed by atoms with Crippen molar-refractivity contribution in [1.29, 1.82) is 0 Å². The Balaban J connectivity index is 0.000000158. The van der Waals surface area contributed by atoms with Gasteiger partial charge in [-0.15, -0.1) is 6.07 Å². The van der Waals surface area contributed by atoms with E-state index in [0.29, 0.717) is 0 Å². The summed E-state index contributed by atoms with van der Waals surface area (Å²) >= 11 is 4.72. The number of hydrogen-bond donors (Lipinski definition) is 0. The fourth-order valence-electron chi connectivity index (χ4n) is 5.57. The van der Waals surface area contributed by atoms with Crippen LogP contribution in [0, 0.1) is 13.0 Å². The van der Waals surface area contributed by atoms with Gasteiger partial charge in [0, 0.05) is 0 Å². The zero-order chi connectivity index (χ0) is 39.0. The summed E-state index contributed by atoms with van der Waals surface area (Å²) in [5, 5.41) is 8.39. The van der Waals surface area contributed by atoms with Gasteiger partial charge in [0.1, 0.15) is 0 Å². The van der Waals surface area contributed by atoms with E-state index in [1.807, 2.05) is 75.0 Å². The number of aryl methyl sites for hydroxylation is 1. The molecule has 0 amide bonds. The van der Waals surface area contributed by atoms with Crippen molar-refractivity contribution in [3.05, 3.63) is 242 Å². The second-order valence-electron chi connectivity index (χ2n) is 12.1. The van der Waals surface area contributed by atoms with Crippen molar-refractivity contribution in [3.63, 3.8) is 0 Å². The molecule has 0 bridgehead atoms. The third kappa shape index (κ3) is 13.8. The average Bonchev–Trinajstić information content (AvgIpc) is 3.28. The van der Waals surface area contributed by atoms with Crippen LogP contribution in [0.3, 0.4) is 0 Å². The largest absolute Gasteiger partial charge is 0.0622 e. The molecule has 0 N–H and O–H groups in total. The van der Waals surface area contributed by atoms with E-state index in [9.17, 15) is 0 Å². The minimum atomic E-state index is -0.446. The Morgan fingerprint density at radius 3 is 0.982 bits per heavy atom. The molecule has 6 heteroatoms. The molecule has 8 aromatic carbocycles. The van der Waals surface area contributed by atoms with Crippen LogP contribution in [0.5, 0.6) is 0 Å². The Kier molecular flexibility index (Phi) is 18.8. The maximum atomic E-state index is 4.11. The zero-order valence-corrected chi connectivity index (χ0v) is 36.4. The molecule has 278 valence electrons. The number of aliphatic imine (C=N–C) groups is 2. The third-order valence-corrected chi connectivity index (χ3v) is 13.0. The van der Waals surface area contributed by atoms with E-state index in [-0.39, 0.29) is 0 Å². The van der Waals surface area contributed by atoms with Gasteiger partial charge in [0.05, 0.1) is 11.7 Å². The minimum Gasteiger partial charge on any atom is -0.0622 e.